The minimum Gasteiger partial charge on any atom is -0.493 e. The maximum Gasteiger partial charge on any atom is 0.163 e. The van der Waals surface area contributed by atoms with E-state index >= 15 is 0 Å². The number of benzene rings is 2. The van der Waals surface area contributed by atoms with Crippen molar-refractivity contribution in [2.24, 2.45) is 0 Å². The molecule has 0 aliphatic rings. The molecule has 0 fully saturated rings. The largest absolute Gasteiger partial charge is 0.493 e. The molecular formula is C22H21Cl2N5O2. The van der Waals surface area contributed by atoms with Crippen LogP contribution in [-0.4, -0.2) is 40.5 Å². The highest BCUT2D eigenvalue weighted by Crippen LogP contribution is 2.28. The number of ether oxygens (including phenoxy) is 2. The first-order valence-electron chi connectivity index (χ1n) is 9.64. The number of anilines is 1. The number of hydrogen-bond acceptors (Lipinski definition) is 6. The topological polar surface area (TPSA) is 74.1 Å². The van der Waals surface area contributed by atoms with Crippen LogP contribution in [-0.2, 0) is 13.0 Å². The smallest absolute Gasteiger partial charge is 0.163 e. The summed E-state index contributed by atoms with van der Waals surface area (Å²) in [6, 6.07) is 11.3. The van der Waals surface area contributed by atoms with E-state index in [0.717, 1.165) is 34.4 Å². The molecule has 4 aromatic rings. The first-order chi connectivity index (χ1) is 15.1. The van der Waals surface area contributed by atoms with Gasteiger partial charge in [0.25, 0.3) is 0 Å². The molecule has 2 aromatic heterocycles. The third-order valence-electron chi connectivity index (χ3n) is 4.92. The van der Waals surface area contributed by atoms with E-state index in [-0.39, 0.29) is 0 Å². The molecule has 0 bridgehead atoms. The number of aromatic nitrogens is 4. The van der Waals surface area contributed by atoms with E-state index in [1.165, 1.54) is 6.33 Å². The highest BCUT2D eigenvalue weighted by atomic mass is 35.5. The van der Waals surface area contributed by atoms with Crippen LogP contribution >= 0.6 is 23.2 Å². The average Bonchev–Trinajstić information content (AvgIpc) is 3.19. The summed E-state index contributed by atoms with van der Waals surface area (Å²) in [5.74, 6) is 2.16. The molecule has 31 heavy (non-hydrogen) atoms. The molecule has 0 amide bonds. The second-order valence-corrected chi connectivity index (χ2v) is 7.71. The lowest BCUT2D eigenvalue weighted by atomic mass is 10.1. The highest BCUT2D eigenvalue weighted by Gasteiger charge is 2.12. The van der Waals surface area contributed by atoms with Gasteiger partial charge in [-0.05, 0) is 41.8 Å². The Morgan fingerprint density at radius 3 is 2.61 bits per heavy atom. The first kappa shape index (κ1) is 21.2. The summed E-state index contributed by atoms with van der Waals surface area (Å²) in [6.07, 6.45) is 4.08. The molecule has 0 aliphatic carbocycles. The predicted octanol–water partition coefficient (Wildman–Crippen LogP) is 4.85. The zero-order valence-electron chi connectivity index (χ0n) is 17.1. The van der Waals surface area contributed by atoms with Gasteiger partial charge in [0.1, 0.15) is 12.1 Å². The zero-order valence-corrected chi connectivity index (χ0v) is 18.6. The molecule has 160 valence electrons. The molecule has 0 saturated carbocycles. The summed E-state index contributed by atoms with van der Waals surface area (Å²) < 4.78 is 12.5. The van der Waals surface area contributed by atoms with Crippen LogP contribution in [0.5, 0.6) is 11.5 Å². The van der Waals surface area contributed by atoms with E-state index < -0.39 is 0 Å². The second kappa shape index (κ2) is 9.41. The van der Waals surface area contributed by atoms with E-state index in [1.54, 1.807) is 31.2 Å². The molecule has 0 radical (unpaired) electrons. The minimum absolute atomic E-state index is 0.488. The first-order valence-corrected chi connectivity index (χ1v) is 10.4. The third kappa shape index (κ3) is 4.68. The number of nitrogens with one attached hydrogen (secondary N) is 1. The maximum atomic E-state index is 6.31. The third-order valence-corrected chi connectivity index (χ3v) is 5.51. The molecule has 0 atom stereocenters. The molecule has 0 saturated heterocycles. The summed E-state index contributed by atoms with van der Waals surface area (Å²) in [4.78, 5) is 8.79. The Hall–Kier alpha value is -3.03. The van der Waals surface area contributed by atoms with Gasteiger partial charge in [0.05, 0.1) is 32.3 Å². The molecule has 0 spiro atoms. The lowest BCUT2D eigenvalue weighted by Crippen LogP contribution is -2.08. The Kier molecular flexibility index (Phi) is 6.44. The van der Waals surface area contributed by atoms with Crippen molar-refractivity contribution < 1.29 is 9.47 Å². The van der Waals surface area contributed by atoms with Gasteiger partial charge in [-0.2, -0.15) is 5.10 Å². The van der Waals surface area contributed by atoms with E-state index in [0.29, 0.717) is 34.6 Å². The van der Waals surface area contributed by atoms with Gasteiger partial charge in [0.2, 0.25) is 0 Å². The number of rotatable bonds is 8. The minimum atomic E-state index is 0.488. The number of halogens is 2. The van der Waals surface area contributed by atoms with Crippen LogP contribution < -0.4 is 14.8 Å². The van der Waals surface area contributed by atoms with E-state index in [2.05, 4.69) is 20.4 Å². The predicted molar refractivity (Wildman–Crippen MR) is 123 cm³/mol. The monoisotopic (exact) mass is 457 g/mol. The Bertz CT molecular complexity index is 1210. The highest BCUT2D eigenvalue weighted by molar-refractivity contribution is 6.35. The van der Waals surface area contributed by atoms with Gasteiger partial charge >= 0.3 is 0 Å². The van der Waals surface area contributed by atoms with Gasteiger partial charge in [-0.3, -0.25) is 0 Å². The van der Waals surface area contributed by atoms with Crippen molar-refractivity contribution in [1.29, 1.82) is 0 Å². The Labute approximate surface area is 189 Å². The van der Waals surface area contributed by atoms with Crippen LogP contribution in [0.15, 0.2) is 48.9 Å². The van der Waals surface area contributed by atoms with E-state index in [9.17, 15) is 0 Å². The maximum absolute atomic E-state index is 6.31. The summed E-state index contributed by atoms with van der Waals surface area (Å²) >= 11 is 12.3. The fraction of sp³-hybridized carbons (Fsp3) is 0.227. The van der Waals surface area contributed by atoms with Crippen molar-refractivity contribution in [3.8, 4) is 11.5 Å². The van der Waals surface area contributed by atoms with Gasteiger partial charge in [0.15, 0.2) is 17.1 Å². The lowest BCUT2D eigenvalue weighted by molar-refractivity contribution is 0.354. The van der Waals surface area contributed by atoms with Crippen molar-refractivity contribution in [1.82, 2.24) is 19.7 Å². The van der Waals surface area contributed by atoms with Crippen LogP contribution in [0.3, 0.4) is 0 Å². The Morgan fingerprint density at radius 2 is 1.84 bits per heavy atom. The fourth-order valence-electron chi connectivity index (χ4n) is 3.32. The van der Waals surface area contributed by atoms with Crippen LogP contribution in [0.2, 0.25) is 10.0 Å². The average molecular weight is 458 g/mol. The van der Waals surface area contributed by atoms with Crippen molar-refractivity contribution in [3.05, 3.63) is 70.1 Å². The number of nitrogens with zero attached hydrogens (tertiary/aromatic N) is 4. The molecule has 9 heteroatoms. The number of hydrogen-bond donors (Lipinski definition) is 1. The molecule has 1 N–H and O–H groups in total. The van der Waals surface area contributed by atoms with Crippen LogP contribution in [0.25, 0.3) is 11.0 Å². The molecule has 0 unspecified atom stereocenters. The van der Waals surface area contributed by atoms with Gasteiger partial charge in [0, 0.05) is 16.6 Å². The Balaban J connectivity index is 1.48. The standard InChI is InChI=1S/C22H21Cl2N5O2/c1-30-19-6-3-14(9-20(19)31-2)7-8-25-21-17-11-28-29(22(17)27-13-26-21)12-15-4-5-16(23)10-18(15)24/h3-6,9-11,13H,7-8,12H2,1-2H3,(H,25,26,27). The fourth-order valence-corrected chi connectivity index (χ4v) is 3.79. The molecular weight excluding hydrogens is 437 g/mol. The van der Waals surface area contributed by atoms with E-state index in [1.807, 2.05) is 30.3 Å². The second-order valence-electron chi connectivity index (χ2n) is 6.86. The quantitative estimate of drug-likeness (QED) is 0.407. The molecule has 0 aliphatic heterocycles. The van der Waals surface area contributed by atoms with Gasteiger partial charge < -0.3 is 14.8 Å². The lowest BCUT2D eigenvalue weighted by Gasteiger charge is -2.10. The summed E-state index contributed by atoms with van der Waals surface area (Å²) in [6.45, 7) is 1.18. The van der Waals surface area contributed by atoms with Gasteiger partial charge in [-0.1, -0.05) is 35.3 Å². The van der Waals surface area contributed by atoms with Crippen LogP contribution in [0.4, 0.5) is 5.82 Å². The van der Waals surface area contributed by atoms with Crippen molar-refractivity contribution in [2.75, 3.05) is 26.1 Å². The molecule has 4 rings (SSSR count). The normalized spacial score (nSPS) is 11.0. The van der Waals surface area contributed by atoms with Crippen molar-refractivity contribution >= 4 is 40.1 Å². The van der Waals surface area contributed by atoms with E-state index in [4.69, 9.17) is 32.7 Å². The van der Waals surface area contributed by atoms with Crippen molar-refractivity contribution in [2.45, 2.75) is 13.0 Å². The number of fused-ring (bicyclic) bond motifs is 1. The summed E-state index contributed by atoms with van der Waals surface area (Å²) in [5.41, 5.74) is 2.77. The van der Waals surface area contributed by atoms with Gasteiger partial charge in [-0.25, -0.2) is 14.6 Å². The van der Waals surface area contributed by atoms with Crippen molar-refractivity contribution in [3.63, 3.8) is 0 Å². The molecule has 2 heterocycles. The Morgan fingerprint density at radius 1 is 1.00 bits per heavy atom. The zero-order chi connectivity index (χ0) is 21.8. The molecule has 2 aromatic carbocycles. The van der Waals surface area contributed by atoms with Crippen LogP contribution in [0, 0.1) is 0 Å². The van der Waals surface area contributed by atoms with Gasteiger partial charge in [-0.15, -0.1) is 0 Å². The van der Waals surface area contributed by atoms with Crippen LogP contribution in [0.1, 0.15) is 11.1 Å². The summed E-state index contributed by atoms with van der Waals surface area (Å²) in [7, 11) is 3.26. The molecule has 7 nitrogen and oxygen atoms in total. The number of methoxy groups -OCH3 is 2. The summed E-state index contributed by atoms with van der Waals surface area (Å²) in [5, 5.41) is 9.90. The SMILES string of the molecule is COc1ccc(CCNc2ncnc3c2cnn3Cc2ccc(Cl)cc2Cl)cc1OC.